The highest BCUT2D eigenvalue weighted by Gasteiger charge is 2.18. The average Bonchev–Trinajstić information content (AvgIpc) is 3.10. The topological polar surface area (TPSA) is 50.8 Å². The molecule has 0 bridgehead atoms. The van der Waals surface area contributed by atoms with Crippen molar-refractivity contribution in [1.29, 1.82) is 0 Å². The Balaban J connectivity index is 1.27. The van der Waals surface area contributed by atoms with Crippen LogP contribution in [0, 0.1) is 0 Å². The minimum atomic E-state index is 0.0237. The van der Waals surface area contributed by atoms with Gasteiger partial charge in [-0.1, -0.05) is 15.9 Å². The largest absolute Gasteiger partial charge is 0.486 e. The molecule has 2 aromatic rings. The number of benzene rings is 1. The third-order valence-electron chi connectivity index (χ3n) is 4.70. The van der Waals surface area contributed by atoms with Crippen molar-refractivity contribution in [3.8, 4) is 11.5 Å². The lowest BCUT2D eigenvalue weighted by molar-refractivity contribution is -0.120. The molecule has 0 fully saturated rings. The minimum absolute atomic E-state index is 0.0237. The van der Waals surface area contributed by atoms with E-state index in [-0.39, 0.29) is 5.91 Å². The fraction of sp³-hybridized carbons (Fsp3) is 0.421. The van der Waals surface area contributed by atoms with E-state index in [1.807, 2.05) is 23.5 Å². The van der Waals surface area contributed by atoms with Crippen LogP contribution in [0.3, 0.4) is 0 Å². The highest BCUT2D eigenvalue weighted by molar-refractivity contribution is 9.10. The third-order valence-corrected chi connectivity index (χ3v) is 6.46. The van der Waals surface area contributed by atoms with Gasteiger partial charge >= 0.3 is 0 Å². The predicted octanol–water partition coefficient (Wildman–Crippen LogP) is 3.00. The second-order valence-corrected chi connectivity index (χ2v) is 8.36. The van der Waals surface area contributed by atoms with Gasteiger partial charge < -0.3 is 14.8 Å². The summed E-state index contributed by atoms with van der Waals surface area (Å²) in [6, 6.07) is 5.98. The molecule has 2 aliphatic rings. The van der Waals surface area contributed by atoms with Gasteiger partial charge in [0.15, 0.2) is 11.5 Å². The van der Waals surface area contributed by atoms with Gasteiger partial charge in [0.1, 0.15) is 13.2 Å². The maximum absolute atomic E-state index is 12.3. The van der Waals surface area contributed by atoms with E-state index < -0.39 is 0 Å². The summed E-state index contributed by atoms with van der Waals surface area (Å²) < 4.78 is 12.0. The maximum atomic E-state index is 12.3. The summed E-state index contributed by atoms with van der Waals surface area (Å²) in [7, 11) is 0. The Labute approximate surface area is 165 Å². The fourth-order valence-corrected chi connectivity index (χ4v) is 4.68. The third kappa shape index (κ3) is 4.05. The van der Waals surface area contributed by atoms with E-state index in [1.165, 1.54) is 10.4 Å². The molecule has 0 unspecified atom stereocenters. The van der Waals surface area contributed by atoms with Gasteiger partial charge in [-0.2, -0.15) is 0 Å². The van der Waals surface area contributed by atoms with Crippen LogP contribution in [0.5, 0.6) is 11.5 Å². The van der Waals surface area contributed by atoms with Gasteiger partial charge in [0, 0.05) is 35.5 Å². The number of hydrogen-bond donors (Lipinski definition) is 1. The van der Waals surface area contributed by atoms with Gasteiger partial charge in [0.05, 0.1) is 6.42 Å². The van der Waals surface area contributed by atoms with Crippen LogP contribution in [0.25, 0.3) is 0 Å². The first-order valence-electron chi connectivity index (χ1n) is 8.81. The second kappa shape index (κ2) is 7.98. The smallest absolute Gasteiger partial charge is 0.224 e. The van der Waals surface area contributed by atoms with Crippen molar-refractivity contribution < 1.29 is 14.3 Å². The minimum Gasteiger partial charge on any atom is -0.486 e. The number of rotatable bonds is 5. The molecule has 4 rings (SSSR count). The molecule has 7 heteroatoms. The molecule has 1 amide bonds. The van der Waals surface area contributed by atoms with Gasteiger partial charge in [-0.3, -0.25) is 9.69 Å². The molecule has 26 heavy (non-hydrogen) atoms. The van der Waals surface area contributed by atoms with E-state index in [1.54, 1.807) is 0 Å². The van der Waals surface area contributed by atoms with Crippen molar-refractivity contribution in [2.24, 2.45) is 0 Å². The normalized spacial score (nSPS) is 16.2. The molecule has 1 N–H and O–H groups in total. The average molecular weight is 437 g/mol. The Bertz CT molecular complexity index is 808. The van der Waals surface area contributed by atoms with Crippen LogP contribution in [0.1, 0.15) is 16.0 Å². The fourth-order valence-electron chi connectivity index (χ4n) is 3.33. The number of hydrogen-bond acceptors (Lipinski definition) is 5. The van der Waals surface area contributed by atoms with E-state index in [4.69, 9.17) is 9.47 Å². The molecule has 5 nitrogen and oxygen atoms in total. The Kier molecular flexibility index (Phi) is 5.47. The number of thiophene rings is 1. The Morgan fingerprint density at radius 2 is 2.08 bits per heavy atom. The first-order chi connectivity index (χ1) is 12.7. The Morgan fingerprint density at radius 1 is 1.27 bits per heavy atom. The van der Waals surface area contributed by atoms with Crippen molar-refractivity contribution >= 4 is 33.2 Å². The van der Waals surface area contributed by atoms with Crippen LogP contribution in [0.4, 0.5) is 0 Å². The number of amides is 1. The van der Waals surface area contributed by atoms with E-state index >= 15 is 0 Å². The van der Waals surface area contributed by atoms with Gasteiger partial charge in [-0.05, 0) is 41.1 Å². The quantitative estimate of drug-likeness (QED) is 0.782. The first kappa shape index (κ1) is 17.8. The molecule has 2 aliphatic heterocycles. The molecule has 138 valence electrons. The van der Waals surface area contributed by atoms with Gasteiger partial charge in [0.25, 0.3) is 0 Å². The van der Waals surface area contributed by atoms with Crippen LogP contribution in [0.15, 0.2) is 28.1 Å². The maximum Gasteiger partial charge on any atom is 0.224 e. The highest BCUT2D eigenvalue weighted by Crippen LogP contribution is 2.35. The predicted molar refractivity (Wildman–Crippen MR) is 105 cm³/mol. The number of ether oxygens (including phenoxy) is 2. The van der Waals surface area contributed by atoms with Crippen molar-refractivity contribution in [3.63, 3.8) is 0 Å². The Morgan fingerprint density at radius 3 is 2.92 bits per heavy atom. The first-order valence-corrected chi connectivity index (χ1v) is 10.5. The van der Waals surface area contributed by atoms with Gasteiger partial charge in [-0.15, -0.1) is 11.3 Å². The molecule has 0 saturated heterocycles. The zero-order valence-corrected chi connectivity index (χ0v) is 16.8. The molecular weight excluding hydrogens is 416 g/mol. The molecule has 0 spiro atoms. The second-order valence-electron chi connectivity index (χ2n) is 6.51. The Hall–Kier alpha value is -1.57. The number of nitrogens with one attached hydrogen (secondary N) is 1. The molecule has 0 aliphatic carbocycles. The van der Waals surface area contributed by atoms with Crippen LogP contribution in [0.2, 0.25) is 0 Å². The van der Waals surface area contributed by atoms with Crippen molar-refractivity contribution in [3.05, 3.63) is 44.1 Å². The molecule has 0 atom stereocenters. The number of halogens is 1. The number of carbonyl (C=O) groups excluding carboxylic acids is 1. The summed E-state index contributed by atoms with van der Waals surface area (Å²) in [4.78, 5) is 16.2. The SMILES string of the molecule is O=C(Cc1cc2c(cc1Br)OCCO2)NCCN1CCc2sccc2C1. The monoisotopic (exact) mass is 436 g/mol. The van der Waals surface area contributed by atoms with Gasteiger partial charge in [0.2, 0.25) is 5.91 Å². The number of nitrogens with zero attached hydrogens (tertiary/aromatic N) is 1. The summed E-state index contributed by atoms with van der Waals surface area (Å²) in [5.41, 5.74) is 2.35. The summed E-state index contributed by atoms with van der Waals surface area (Å²) in [5, 5.41) is 5.20. The molecule has 1 aromatic carbocycles. The van der Waals surface area contributed by atoms with E-state index in [9.17, 15) is 4.79 Å². The van der Waals surface area contributed by atoms with Crippen LogP contribution in [-0.4, -0.2) is 43.7 Å². The summed E-state index contributed by atoms with van der Waals surface area (Å²) in [6.07, 6.45) is 1.44. The van der Waals surface area contributed by atoms with Crippen LogP contribution in [-0.2, 0) is 24.2 Å². The molecule has 3 heterocycles. The number of fused-ring (bicyclic) bond motifs is 2. The van der Waals surface area contributed by atoms with Crippen molar-refractivity contribution in [2.45, 2.75) is 19.4 Å². The molecule has 0 saturated carbocycles. The van der Waals surface area contributed by atoms with Crippen molar-refractivity contribution in [1.82, 2.24) is 10.2 Å². The number of carbonyl (C=O) groups is 1. The van der Waals surface area contributed by atoms with Gasteiger partial charge in [-0.25, -0.2) is 0 Å². The standard InChI is InChI=1S/C19H21BrN2O3S/c20-15-11-17-16(24-6-7-25-17)9-14(15)10-19(23)21-3-5-22-4-1-18-13(12-22)2-8-26-18/h2,8-9,11H,1,3-7,10,12H2,(H,21,23). The van der Waals surface area contributed by atoms with Crippen LogP contribution < -0.4 is 14.8 Å². The lowest BCUT2D eigenvalue weighted by Crippen LogP contribution is -2.37. The lowest BCUT2D eigenvalue weighted by Gasteiger charge is -2.26. The van der Waals surface area contributed by atoms with E-state index in [0.29, 0.717) is 31.9 Å². The highest BCUT2D eigenvalue weighted by atomic mass is 79.9. The van der Waals surface area contributed by atoms with Crippen molar-refractivity contribution in [2.75, 3.05) is 32.8 Å². The summed E-state index contributed by atoms with van der Waals surface area (Å²) >= 11 is 5.37. The van der Waals surface area contributed by atoms with E-state index in [0.717, 1.165) is 41.8 Å². The lowest BCUT2D eigenvalue weighted by atomic mass is 10.1. The molecular formula is C19H21BrN2O3S. The zero-order chi connectivity index (χ0) is 17.9. The van der Waals surface area contributed by atoms with E-state index in [2.05, 4.69) is 37.6 Å². The summed E-state index contributed by atoms with van der Waals surface area (Å²) in [5.74, 6) is 1.46. The molecule has 1 aromatic heterocycles. The molecule has 0 radical (unpaired) electrons. The van der Waals surface area contributed by atoms with Crippen LogP contribution >= 0.6 is 27.3 Å². The summed E-state index contributed by atoms with van der Waals surface area (Å²) in [6.45, 7) is 4.70. The zero-order valence-electron chi connectivity index (χ0n) is 14.4.